The third kappa shape index (κ3) is 3.81. The number of aromatic hydroxyl groups is 1. The number of nitrogens with one attached hydrogen (secondary N) is 1. The monoisotopic (exact) mass is 349 g/mol. The second-order valence-electron chi connectivity index (χ2n) is 6.74. The molecule has 0 saturated carbocycles. The number of rotatable bonds is 6. The Morgan fingerprint density at radius 3 is 2.46 bits per heavy atom. The molecule has 0 atom stereocenters. The average molecular weight is 349 g/mol. The first-order valence-electron chi connectivity index (χ1n) is 9.19. The summed E-state index contributed by atoms with van der Waals surface area (Å²) in [6.07, 6.45) is 1.83. The van der Waals surface area contributed by atoms with Crippen LogP contribution in [0.5, 0.6) is 5.75 Å². The van der Waals surface area contributed by atoms with Gasteiger partial charge in [-0.05, 0) is 74.5 Å². The molecule has 4 heteroatoms. The minimum absolute atomic E-state index is 0.341. The summed E-state index contributed by atoms with van der Waals surface area (Å²) in [6.45, 7) is 11.2. The van der Waals surface area contributed by atoms with Crippen molar-refractivity contribution in [2.75, 3.05) is 18.4 Å². The lowest BCUT2D eigenvalue weighted by molar-refractivity contribution is 0.291. The zero-order valence-electron chi connectivity index (χ0n) is 16.0. The highest BCUT2D eigenvalue weighted by Crippen LogP contribution is 2.30. The number of anilines is 2. The Morgan fingerprint density at radius 1 is 1.00 bits per heavy atom. The summed E-state index contributed by atoms with van der Waals surface area (Å²) in [4.78, 5) is 6.78. The van der Waals surface area contributed by atoms with Crippen molar-refractivity contribution in [1.82, 2.24) is 9.88 Å². The molecule has 3 aromatic rings. The maximum absolute atomic E-state index is 10.2. The molecule has 1 aromatic heterocycles. The molecule has 1 heterocycles. The van der Waals surface area contributed by atoms with Crippen LogP contribution in [0.25, 0.3) is 10.9 Å². The average Bonchev–Trinajstić information content (AvgIpc) is 2.63. The number of fused-ring (bicyclic) bond motifs is 1. The molecule has 4 nitrogen and oxygen atoms in total. The van der Waals surface area contributed by atoms with Crippen molar-refractivity contribution in [2.24, 2.45) is 0 Å². The number of nitrogens with zero attached hydrogens (tertiary/aromatic N) is 2. The molecule has 0 aliphatic carbocycles. The van der Waals surface area contributed by atoms with Crippen LogP contribution in [0.2, 0.25) is 0 Å². The number of pyridine rings is 1. The van der Waals surface area contributed by atoms with E-state index in [2.05, 4.69) is 55.0 Å². The van der Waals surface area contributed by atoms with E-state index in [-0.39, 0.29) is 0 Å². The lowest BCUT2D eigenvalue weighted by Gasteiger charge is -2.19. The third-order valence-corrected chi connectivity index (χ3v) is 5.00. The molecule has 26 heavy (non-hydrogen) atoms. The summed E-state index contributed by atoms with van der Waals surface area (Å²) < 4.78 is 0. The number of aryl methyl sites for hydroxylation is 2. The van der Waals surface area contributed by atoms with E-state index in [1.165, 1.54) is 11.1 Å². The van der Waals surface area contributed by atoms with Gasteiger partial charge in [0.2, 0.25) is 0 Å². The summed E-state index contributed by atoms with van der Waals surface area (Å²) in [5.74, 6) is 0.341. The van der Waals surface area contributed by atoms with Gasteiger partial charge >= 0.3 is 0 Å². The quantitative estimate of drug-likeness (QED) is 0.605. The Morgan fingerprint density at radius 2 is 1.73 bits per heavy atom. The van der Waals surface area contributed by atoms with Gasteiger partial charge in [0.1, 0.15) is 5.75 Å². The van der Waals surface area contributed by atoms with Gasteiger partial charge in [-0.15, -0.1) is 0 Å². The molecule has 2 aromatic carbocycles. The summed E-state index contributed by atoms with van der Waals surface area (Å²) in [7, 11) is 0. The topological polar surface area (TPSA) is 48.4 Å². The second-order valence-corrected chi connectivity index (χ2v) is 6.74. The van der Waals surface area contributed by atoms with Crippen LogP contribution in [0.15, 0.2) is 42.6 Å². The first kappa shape index (κ1) is 18.2. The van der Waals surface area contributed by atoms with Gasteiger partial charge in [0.05, 0.1) is 5.52 Å². The maximum Gasteiger partial charge on any atom is 0.120 e. The Labute approximate surface area is 155 Å². The van der Waals surface area contributed by atoms with E-state index in [1.54, 1.807) is 6.07 Å². The molecule has 136 valence electrons. The second kappa shape index (κ2) is 7.75. The molecule has 0 aliphatic heterocycles. The van der Waals surface area contributed by atoms with Crippen molar-refractivity contribution in [3.05, 3.63) is 59.3 Å². The van der Waals surface area contributed by atoms with Crippen molar-refractivity contribution < 1.29 is 5.11 Å². The van der Waals surface area contributed by atoms with Gasteiger partial charge in [-0.3, -0.25) is 9.88 Å². The van der Waals surface area contributed by atoms with E-state index in [0.29, 0.717) is 5.75 Å². The predicted molar refractivity (Wildman–Crippen MR) is 109 cm³/mol. The van der Waals surface area contributed by atoms with Gasteiger partial charge in [0.25, 0.3) is 0 Å². The standard InChI is InChI=1S/C22H27N3O/c1-5-25(6-2)14-17-13-18(7-8-22(17)26)24-20-9-10-23-21-12-16(4)15(3)11-19(20)21/h7-13,26H,5-6,14H2,1-4H3,(H,23,24). The van der Waals surface area contributed by atoms with Gasteiger partial charge in [0.15, 0.2) is 0 Å². The normalized spacial score (nSPS) is 11.3. The Kier molecular flexibility index (Phi) is 5.43. The first-order chi connectivity index (χ1) is 12.5. The van der Waals surface area contributed by atoms with Crippen LogP contribution in [0.3, 0.4) is 0 Å². The van der Waals surface area contributed by atoms with Crippen LogP contribution in [0.1, 0.15) is 30.5 Å². The predicted octanol–water partition coefficient (Wildman–Crippen LogP) is 5.14. The van der Waals surface area contributed by atoms with Gasteiger partial charge < -0.3 is 10.4 Å². The van der Waals surface area contributed by atoms with Crippen molar-refractivity contribution >= 4 is 22.3 Å². The molecule has 0 amide bonds. The van der Waals surface area contributed by atoms with Crippen molar-refractivity contribution in [1.29, 1.82) is 0 Å². The van der Waals surface area contributed by atoms with Gasteiger partial charge in [-0.2, -0.15) is 0 Å². The maximum atomic E-state index is 10.2. The summed E-state index contributed by atoms with van der Waals surface area (Å²) in [6, 6.07) is 12.0. The summed E-state index contributed by atoms with van der Waals surface area (Å²) in [5.41, 5.74) is 6.41. The van der Waals surface area contributed by atoms with Gasteiger partial charge in [0, 0.05) is 35.1 Å². The van der Waals surface area contributed by atoms with Crippen molar-refractivity contribution in [3.8, 4) is 5.75 Å². The van der Waals surface area contributed by atoms with Crippen LogP contribution < -0.4 is 5.32 Å². The SMILES string of the molecule is CCN(CC)Cc1cc(Nc2ccnc3cc(C)c(C)cc23)ccc1O. The van der Waals surface area contributed by atoms with E-state index in [9.17, 15) is 5.11 Å². The minimum Gasteiger partial charge on any atom is -0.508 e. The minimum atomic E-state index is 0.341. The molecule has 3 rings (SSSR count). The molecule has 0 fully saturated rings. The largest absolute Gasteiger partial charge is 0.508 e. The van der Waals surface area contributed by atoms with E-state index in [1.807, 2.05) is 24.4 Å². The third-order valence-electron chi connectivity index (χ3n) is 5.00. The molecule has 0 bridgehead atoms. The summed E-state index contributed by atoms with van der Waals surface area (Å²) >= 11 is 0. The van der Waals surface area contributed by atoms with E-state index >= 15 is 0 Å². The Hall–Kier alpha value is -2.59. The molecule has 0 saturated heterocycles. The lowest BCUT2D eigenvalue weighted by atomic mass is 10.0. The zero-order valence-corrected chi connectivity index (χ0v) is 16.0. The summed E-state index contributed by atoms with van der Waals surface area (Å²) in [5, 5.41) is 14.8. The van der Waals surface area contributed by atoms with Crippen LogP contribution in [0.4, 0.5) is 11.4 Å². The lowest BCUT2D eigenvalue weighted by Crippen LogP contribution is -2.22. The number of aromatic nitrogens is 1. The number of hydrogen-bond acceptors (Lipinski definition) is 4. The molecule has 0 aliphatic rings. The zero-order chi connectivity index (χ0) is 18.7. The van der Waals surface area contributed by atoms with Crippen LogP contribution >= 0.6 is 0 Å². The molecule has 2 N–H and O–H groups in total. The molecular weight excluding hydrogens is 322 g/mol. The molecule has 0 radical (unpaired) electrons. The van der Waals surface area contributed by atoms with Gasteiger partial charge in [-0.25, -0.2) is 0 Å². The fourth-order valence-corrected chi connectivity index (χ4v) is 3.15. The Balaban J connectivity index is 1.94. The fraction of sp³-hybridized carbons (Fsp3) is 0.318. The number of phenolic OH excluding ortho intramolecular Hbond substituents is 1. The van der Waals surface area contributed by atoms with Crippen molar-refractivity contribution in [2.45, 2.75) is 34.2 Å². The Bertz CT molecular complexity index is 917. The smallest absolute Gasteiger partial charge is 0.120 e. The van der Waals surface area contributed by atoms with E-state index < -0.39 is 0 Å². The highest BCUT2D eigenvalue weighted by atomic mass is 16.3. The van der Waals surface area contributed by atoms with Crippen LogP contribution in [-0.2, 0) is 6.54 Å². The van der Waals surface area contributed by atoms with Crippen LogP contribution in [-0.4, -0.2) is 28.1 Å². The van der Waals surface area contributed by atoms with Crippen LogP contribution in [0, 0.1) is 13.8 Å². The molecule has 0 unspecified atom stereocenters. The van der Waals surface area contributed by atoms with E-state index in [0.717, 1.165) is 47.5 Å². The highest BCUT2D eigenvalue weighted by molar-refractivity contribution is 5.93. The highest BCUT2D eigenvalue weighted by Gasteiger charge is 2.09. The number of phenols is 1. The number of hydrogen-bond donors (Lipinski definition) is 2. The first-order valence-corrected chi connectivity index (χ1v) is 9.19. The van der Waals surface area contributed by atoms with Crippen molar-refractivity contribution in [3.63, 3.8) is 0 Å². The number of benzene rings is 2. The molecule has 0 spiro atoms. The fourth-order valence-electron chi connectivity index (χ4n) is 3.15. The van der Waals surface area contributed by atoms with Gasteiger partial charge in [-0.1, -0.05) is 13.8 Å². The van der Waals surface area contributed by atoms with E-state index in [4.69, 9.17) is 0 Å². The molecular formula is C22H27N3O.